The van der Waals surface area contributed by atoms with Crippen molar-refractivity contribution in [2.24, 2.45) is 0 Å². The van der Waals surface area contributed by atoms with E-state index in [1.54, 1.807) is 31.2 Å². The second-order valence-corrected chi connectivity index (χ2v) is 5.67. The van der Waals surface area contributed by atoms with Crippen LogP contribution in [0.1, 0.15) is 17.1 Å². The predicted molar refractivity (Wildman–Crippen MR) is 91.7 cm³/mol. The molecule has 132 valence electrons. The molecule has 0 saturated carbocycles. The van der Waals surface area contributed by atoms with Crippen molar-refractivity contribution in [2.75, 3.05) is 12.1 Å². The number of nitrogens with zero attached hydrogens (tertiary/aromatic N) is 2. The first-order valence-electron chi connectivity index (χ1n) is 7.88. The van der Waals surface area contributed by atoms with Gasteiger partial charge in [-0.15, -0.1) is 5.10 Å². The molecule has 3 aromatic rings. The van der Waals surface area contributed by atoms with E-state index in [2.05, 4.69) is 15.5 Å². The minimum atomic E-state index is -0.391. The van der Waals surface area contributed by atoms with Gasteiger partial charge >= 0.3 is 6.01 Å². The van der Waals surface area contributed by atoms with Gasteiger partial charge in [0.1, 0.15) is 11.5 Å². The minimum Gasteiger partial charge on any atom is -0.466 e. The van der Waals surface area contributed by atoms with Gasteiger partial charge in [0.25, 0.3) is 11.8 Å². The summed E-state index contributed by atoms with van der Waals surface area (Å²) in [5.74, 6) is 2.65. The Balaban J connectivity index is 1.43. The molecule has 0 atom stereocenters. The summed E-state index contributed by atoms with van der Waals surface area (Å²) in [6.07, 6.45) is 3.02. The Morgan fingerprint density at radius 1 is 1.12 bits per heavy atom. The normalized spacial score (nSPS) is 12.7. The monoisotopic (exact) mass is 353 g/mol. The molecule has 4 rings (SSSR count). The quantitative estimate of drug-likeness (QED) is 0.718. The second-order valence-electron chi connectivity index (χ2n) is 5.67. The number of aryl methyl sites for hydroxylation is 2. The fourth-order valence-electron chi connectivity index (χ4n) is 2.56. The van der Waals surface area contributed by atoms with Crippen LogP contribution in [0.25, 0.3) is 17.5 Å². The first-order chi connectivity index (χ1) is 12.6. The molecule has 1 N–H and O–H groups in total. The Labute approximate surface area is 148 Å². The Hall–Kier alpha value is -3.55. The van der Waals surface area contributed by atoms with Crippen LogP contribution in [-0.2, 0) is 4.79 Å². The first kappa shape index (κ1) is 15.9. The van der Waals surface area contributed by atoms with Gasteiger partial charge in [0.05, 0.1) is 5.56 Å². The maximum atomic E-state index is 12.0. The largest absolute Gasteiger partial charge is 0.466 e. The maximum Gasteiger partial charge on any atom is 0.322 e. The summed E-state index contributed by atoms with van der Waals surface area (Å²) in [4.78, 5) is 12.0. The van der Waals surface area contributed by atoms with E-state index < -0.39 is 5.91 Å². The van der Waals surface area contributed by atoms with Crippen LogP contribution >= 0.6 is 0 Å². The zero-order valence-electron chi connectivity index (χ0n) is 14.1. The molecule has 0 radical (unpaired) electrons. The van der Waals surface area contributed by atoms with Gasteiger partial charge < -0.3 is 18.3 Å². The molecule has 0 saturated heterocycles. The fourth-order valence-corrected chi connectivity index (χ4v) is 2.56. The van der Waals surface area contributed by atoms with Crippen molar-refractivity contribution in [2.45, 2.75) is 13.8 Å². The minimum absolute atomic E-state index is 0.0126. The topological polar surface area (TPSA) is 99.6 Å². The Bertz CT molecular complexity index is 1000. The smallest absolute Gasteiger partial charge is 0.322 e. The number of hydrogen-bond acceptors (Lipinski definition) is 7. The summed E-state index contributed by atoms with van der Waals surface area (Å²) in [6.45, 7) is 3.84. The van der Waals surface area contributed by atoms with Gasteiger partial charge in [0.15, 0.2) is 11.5 Å². The lowest BCUT2D eigenvalue weighted by molar-refractivity contribution is -0.112. The number of carbonyl (C=O) groups excluding carboxylic acids is 1. The number of benzene rings is 1. The summed E-state index contributed by atoms with van der Waals surface area (Å²) >= 11 is 0. The summed E-state index contributed by atoms with van der Waals surface area (Å²) in [7, 11) is 0. The van der Waals surface area contributed by atoms with Gasteiger partial charge in [0.2, 0.25) is 6.79 Å². The summed E-state index contributed by atoms with van der Waals surface area (Å²) < 4.78 is 21.4. The molecule has 1 amide bonds. The number of amides is 1. The van der Waals surface area contributed by atoms with Gasteiger partial charge in [-0.1, -0.05) is 11.2 Å². The number of carbonyl (C=O) groups is 1. The van der Waals surface area contributed by atoms with Crippen molar-refractivity contribution < 1.29 is 23.1 Å². The molecule has 1 aliphatic heterocycles. The first-order valence-corrected chi connectivity index (χ1v) is 7.88. The number of anilines is 1. The average molecular weight is 353 g/mol. The third-order valence-corrected chi connectivity index (χ3v) is 3.75. The molecule has 0 fully saturated rings. The highest BCUT2D eigenvalue weighted by Crippen LogP contribution is 2.32. The molecular formula is C18H15N3O5. The molecule has 3 heterocycles. The van der Waals surface area contributed by atoms with Crippen LogP contribution in [0.2, 0.25) is 0 Å². The van der Waals surface area contributed by atoms with Crippen LogP contribution in [0, 0.1) is 13.8 Å². The van der Waals surface area contributed by atoms with Crippen molar-refractivity contribution in [1.82, 2.24) is 10.2 Å². The molecule has 0 bridgehead atoms. The molecule has 1 aliphatic rings. The van der Waals surface area contributed by atoms with Crippen LogP contribution < -0.4 is 14.8 Å². The Morgan fingerprint density at radius 2 is 1.96 bits per heavy atom. The zero-order valence-corrected chi connectivity index (χ0v) is 14.1. The third-order valence-electron chi connectivity index (χ3n) is 3.75. The second kappa shape index (κ2) is 6.40. The van der Waals surface area contributed by atoms with Crippen LogP contribution in [0.15, 0.2) is 39.2 Å². The van der Waals surface area contributed by atoms with Crippen LogP contribution in [0.3, 0.4) is 0 Å². The van der Waals surface area contributed by atoms with E-state index in [9.17, 15) is 4.79 Å². The number of nitrogens with one attached hydrogen (secondary N) is 1. The van der Waals surface area contributed by atoms with Crippen molar-refractivity contribution in [1.29, 1.82) is 0 Å². The number of rotatable bonds is 4. The third kappa shape index (κ3) is 3.16. The predicted octanol–water partition coefficient (Wildman–Crippen LogP) is 3.33. The summed E-state index contributed by atoms with van der Waals surface area (Å²) in [5.41, 5.74) is 1.51. The molecule has 0 spiro atoms. The van der Waals surface area contributed by atoms with Gasteiger partial charge in [-0.05, 0) is 43.7 Å². The summed E-state index contributed by atoms with van der Waals surface area (Å²) in [5, 5.41) is 10.3. The van der Waals surface area contributed by atoms with E-state index in [0.717, 1.165) is 11.3 Å². The highest BCUT2D eigenvalue weighted by molar-refractivity contribution is 6.00. The number of aromatic nitrogens is 2. The zero-order chi connectivity index (χ0) is 18.1. The molecule has 1 aromatic carbocycles. The van der Waals surface area contributed by atoms with Gasteiger partial charge in [-0.3, -0.25) is 10.1 Å². The van der Waals surface area contributed by atoms with Gasteiger partial charge in [-0.25, -0.2) is 0 Å². The van der Waals surface area contributed by atoms with Crippen molar-refractivity contribution in [3.8, 4) is 23.0 Å². The molecule has 2 aromatic heterocycles. The molecule has 8 heteroatoms. The lowest BCUT2D eigenvalue weighted by atomic mass is 10.2. The number of hydrogen-bond donors (Lipinski definition) is 1. The SMILES string of the molecule is Cc1cc(-c2nnc(NC(=O)C=Cc3ccc4c(c3)OCO4)o2)c(C)o1. The Kier molecular flexibility index (Phi) is 3.92. The molecule has 0 unspecified atom stereocenters. The molecular weight excluding hydrogens is 338 g/mol. The highest BCUT2D eigenvalue weighted by Gasteiger charge is 2.15. The van der Waals surface area contributed by atoms with Crippen molar-refractivity contribution in [3.05, 3.63) is 47.4 Å². The molecule has 8 nitrogen and oxygen atoms in total. The Morgan fingerprint density at radius 3 is 2.77 bits per heavy atom. The van der Waals surface area contributed by atoms with E-state index in [1.807, 2.05) is 13.0 Å². The summed E-state index contributed by atoms with van der Waals surface area (Å²) in [6, 6.07) is 7.22. The van der Waals surface area contributed by atoms with Crippen LogP contribution in [-0.4, -0.2) is 22.9 Å². The highest BCUT2D eigenvalue weighted by atomic mass is 16.7. The van der Waals surface area contributed by atoms with Gasteiger partial charge in [-0.2, -0.15) is 0 Å². The van der Waals surface area contributed by atoms with Crippen LogP contribution in [0.5, 0.6) is 11.5 Å². The number of fused-ring (bicyclic) bond motifs is 1. The van der Waals surface area contributed by atoms with Crippen molar-refractivity contribution in [3.63, 3.8) is 0 Å². The van der Waals surface area contributed by atoms with Crippen LogP contribution in [0.4, 0.5) is 6.01 Å². The maximum absolute atomic E-state index is 12.0. The van der Waals surface area contributed by atoms with E-state index in [4.69, 9.17) is 18.3 Å². The molecule has 0 aliphatic carbocycles. The van der Waals surface area contributed by atoms with Gasteiger partial charge in [0, 0.05) is 6.08 Å². The van der Waals surface area contributed by atoms with E-state index >= 15 is 0 Å². The lowest BCUT2D eigenvalue weighted by Crippen LogP contribution is -2.07. The fraction of sp³-hybridized carbons (Fsp3) is 0.167. The van der Waals surface area contributed by atoms with E-state index in [-0.39, 0.29) is 18.7 Å². The molecule has 26 heavy (non-hydrogen) atoms. The lowest BCUT2D eigenvalue weighted by Gasteiger charge is -1.98. The van der Waals surface area contributed by atoms with Crippen molar-refractivity contribution >= 4 is 18.0 Å². The standard InChI is InChI=1S/C18H15N3O5/c1-10-7-13(11(2)25-10)17-20-21-18(26-17)19-16(22)6-4-12-3-5-14-15(8-12)24-9-23-14/h3-8H,9H2,1-2H3,(H,19,21,22). The average Bonchev–Trinajstić information content (AvgIpc) is 3.32. The van der Waals surface area contributed by atoms with E-state index in [0.29, 0.717) is 22.8 Å². The number of ether oxygens (including phenoxy) is 2. The number of furan rings is 1. The van der Waals surface area contributed by atoms with E-state index in [1.165, 1.54) is 6.08 Å².